The van der Waals surface area contributed by atoms with E-state index in [1.165, 1.54) is 5.56 Å². The Balaban J connectivity index is 1.30. The summed E-state index contributed by atoms with van der Waals surface area (Å²) < 4.78 is 5.85. The normalized spacial score (nSPS) is 20.2. The van der Waals surface area contributed by atoms with E-state index in [1.807, 2.05) is 17.0 Å². The van der Waals surface area contributed by atoms with Crippen molar-refractivity contribution in [3.8, 4) is 5.75 Å². The molecule has 28 heavy (non-hydrogen) atoms. The van der Waals surface area contributed by atoms with Crippen molar-refractivity contribution in [2.24, 2.45) is 0 Å². The molecule has 2 fully saturated rings. The number of hydrogen-bond donors (Lipinski definition) is 2. The van der Waals surface area contributed by atoms with Gasteiger partial charge >= 0.3 is 0 Å². The summed E-state index contributed by atoms with van der Waals surface area (Å²) in [7, 11) is 0. The van der Waals surface area contributed by atoms with E-state index in [4.69, 9.17) is 4.74 Å². The van der Waals surface area contributed by atoms with E-state index in [2.05, 4.69) is 27.7 Å². The van der Waals surface area contributed by atoms with Crippen molar-refractivity contribution in [2.45, 2.75) is 32.2 Å². The molecule has 2 aliphatic heterocycles. The molecule has 0 aromatic heterocycles. The zero-order chi connectivity index (χ0) is 19.8. The molecule has 1 aromatic carbocycles. The summed E-state index contributed by atoms with van der Waals surface area (Å²) in [5, 5.41) is 6.22. The average Bonchev–Trinajstić information content (AvgIpc) is 3.24. The summed E-state index contributed by atoms with van der Waals surface area (Å²) in [5.74, 6) is 1.14. The average molecular weight is 389 g/mol. The van der Waals surface area contributed by atoms with E-state index in [0.717, 1.165) is 64.3 Å². The number of amides is 2. The summed E-state index contributed by atoms with van der Waals surface area (Å²) in [4.78, 5) is 27.5. The number of benzene rings is 1. The summed E-state index contributed by atoms with van der Waals surface area (Å²) in [5.41, 5.74) is 1.19. The molecule has 0 aliphatic carbocycles. The van der Waals surface area contributed by atoms with Crippen LogP contribution in [0, 0.1) is 0 Å². The molecule has 2 amide bonds. The maximum atomic E-state index is 12.0. The minimum Gasteiger partial charge on any atom is -0.492 e. The highest BCUT2D eigenvalue weighted by Gasteiger charge is 2.21. The topological polar surface area (TPSA) is 73.9 Å². The second-order valence-electron chi connectivity index (χ2n) is 7.53. The molecular formula is C21H32N4O3. The maximum absolute atomic E-state index is 12.0. The first kappa shape index (κ1) is 20.6. The Morgan fingerprint density at radius 1 is 1.18 bits per heavy atom. The number of hydrogen-bond acceptors (Lipinski definition) is 5. The van der Waals surface area contributed by atoms with Crippen molar-refractivity contribution in [3.63, 3.8) is 0 Å². The molecular weight excluding hydrogens is 356 g/mol. The molecule has 2 aliphatic rings. The summed E-state index contributed by atoms with van der Waals surface area (Å²) in [6, 6.07) is 8.08. The van der Waals surface area contributed by atoms with Gasteiger partial charge in [0, 0.05) is 46.2 Å². The molecule has 0 spiro atoms. The first-order valence-corrected chi connectivity index (χ1v) is 10.3. The molecule has 7 heteroatoms. The predicted molar refractivity (Wildman–Crippen MR) is 108 cm³/mol. The van der Waals surface area contributed by atoms with E-state index < -0.39 is 0 Å². The monoisotopic (exact) mass is 388 g/mol. The largest absolute Gasteiger partial charge is 0.492 e. The molecule has 1 atom stereocenters. The van der Waals surface area contributed by atoms with Gasteiger partial charge in [-0.2, -0.15) is 0 Å². The van der Waals surface area contributed by atoms with Gasteiger partial charge < -0.3 is 20.3 Å². The van der Waals surface area contributed by atoms with Crippen LogP contribution in [0.15, 0.2) is 24.3 Å². The minimum atomic E-state index is -0.0128. The van der Waals surface area contributed by atoms with Gasteiger partial charge in [-0.1, -0.05) is 12.1 Å². The number of nitrogens with one attached hydrogen (secondary N) is 2. The molecule has 0 saturated carbocycles. The van der Waals surface area contributed by atoms with Crippen LogP contribution >= 0.6 is 0 Å². The molecule has 154 valence electrons. The number of ether oxygens (including phenoxy) is 1. The SMILES string of the molecule is CC(=O)N1CCN(CCOc2ccc(CCNC(=O)C3CCCN3)cc2)CC1. The third kappa shape index (κ3) is 6.21. The first-order chi connectivity index (χ1) is 13.6. The van der Waals surface area contributed by atoms with Crippen molar-refractivity contribution < 1.29 is 14.3 Å². The molecule has 2 heterocycles. The fourth-order valence-corrected chi connectivity index (χ4v) is 3.69. The first-order valence-electron chi connectivity index (χ1n) is 10.3. The Labute approximate surface area is 167 Å². The Morgan fingerprint density at radius 3 is 2.57 bits per heavy atom. The van der Waals surface area contributed by atoms with Crippen LogP contribution in [-0.2, 0) is 16.0 Å². The highest BCUT2D eigenvalue weighted by atomic mass is 16.5. The fraction of sp³-hybridized carbons (Fsp3) is 0.619. The third-order valence-electron chi connectivity index (χ3n) is 5.51. The van der Waals surface area contributed by atoms with Gasteiger partial charge in [-0.05, 0) is 43.5 Å². The van der Waals surface area contributed by atoms with Crippen LogP contribution in [0.25, 0.3) is 0 Å². The van der Waals surface area contributed by atoms with E-state index in [9.17, 15) is 9.59 Å². The van der Waals surface area contributed by atoms with Crippen LogP contribution in [0.2, 0.25) is 0 Å². The fourth-order valence-electron chi connectivity index (χ4n) is 3.69. The standard InChI is InChI=1S/C21H32N4O3/c1-17(26)25-13-11-24(12-14-25)15-16-28-19-6-4-18(5-7-19)8-10-23-21(27)20-3-2-9-22-20/h4-7,20,22H,2-3,8-16H2,1H3,(H,23,27). The van der Waals surface area contributed by atoms with E-state index in [-0.39, 0.29) is 17.9 Å². The Morgan fingerprint density at radius 2 is 1.93 bits per heavy atom. The quantitative estimate of drug-likeness (QED) is 0.684. The van der Waals surface area contributed by atoms with Gasteiger partial charge in [0.05, 0.1) is 6.04 Å². The van der Waals surface area contributed by atoms with Crippen molar-refractivity contribution in [2.75, 3.05) is 52.4 Å². The van der Waals surface area contributed by atoms with Crippen molar-refractivity contribution in [3.05, 3.63) is 29.8 Å². The highest BCUT2D eigenvalue weighted by Crippen LogP contribution is 2.13. The number of nitrogens with zero attached hydrogens (tertiary/aromatic N) is 2. The number of piperazine rings is 1. The van der Waals surface area contributed by atoms with Crippen LogP contribution < -0.4 is 15.4 Å². The van der Waals surface area contributed by atoms with E-state index in [0.29, 0.717) is 13.2 Å². The Hall–Kier alpha value is -2.12. The van der Waals surface area contributed by atoms with Crippen LogP contribution in [-0.4, -0.2) is 80.1 Å². The molecule has 1 unspecified atom stereocenters. The van der Waals surface area contributed by atoms with Crippen molar-refractivity contribution in [1.29, 1.82) is 0 Å². The van der Waals surface area contributed by atoms with Crippen LogP contribution in [0.1, 0.15) is 25.3 Å². The van der Waals surface area contributed by atoms with E-state index in [1.54, 1.807) is 6.92 Å². The summed E-state index contributed by atoms with van der Waals surface area (Å²) >= 11 is 0. The van der Waals surface area contributed by atoms with Gasteiger partial charge in [-0.15, -0.1) is 0 Å². The Bertz CT molecular complexity index is 636. The molecule has 0 radical (unpaired) electrons. The predicted octanol–water partition coefficient (Wildman–Crippen LogP) is 0.640. The molecule has 3 rings (SSSR count). The van der Waals surface area contributed by atoms with E-state index >= 15 is 0 Å². The van der Waals surface area contributed by atoms with Crippen LogP contribution in [0.5, 0.6) is 5.75 Å². The lowest BCUT2D eigenvalue weighted by Gasteiger charge is -2.34. The summed E-state index contributed by atoms with van der Waals surface area (Å²) in [6.07, 6.45) is 2.83. The smallest absolute Gasteiger partial charge is 0.237 e. The molecule has 7 nitrogen and oxygen atoms in total. The lowest BCUT2D eigenvalue weighted by molar-refractivity contribution is -0.130. The van der Waals surface area contributed by atoms with Gasteiger partial charge in [0.25, 0.3) is 0 Å². The highest BCUT2D eigenvalue weighted by molar-refractivity contribution is 5.81. The molecule has 2 saturated heterocycles. The third-order valence-corrected chi connectivity index (χ3v) is 5.51. The van der Waals surface area contributed by atoms with Crippen molar-refractivity contribution in [1.82, 2.24) is 20.4 Å². The number of carbonyl (C=O) groups is 2. The number of rotatable bonds is 8. The second kappa shape index (κ2) is 10.4. The minimum absolute atomic E-state index is 0.0128. The van der Waals surface area contributed by atoms with Gasteiger partial charge in [0.15, 0.2) is 0 Å². The van der Waals surface area contributed by atoms with Crippen molar-refractivity contribution >= 4 is 11.8 Å². The lowest BCUT2D eigenvalue weighted by Crippen LogP contribution is -2.48. The second-order valence-corrected chi connectivity index (χ2v) is 7.53. The summed E-state index contributed by atoms with van der Waals surface area (Å²) in [6.45, 7) is 8.15. The maximum Gasteiger partial charge on any atom is 0.237 e. The number of carbonyl (C=O) groups excluding carboxylic acids is 2. The van der Waals surface area contributed by atoms with Crippen LogP contribution in [0.3, 0.4) is 0 Å². The Kier molecular flexibility index (Phi) is 7.68. The lowest BCUT2D eigenvalue weighted by atomic mass is 10.1. The zero-order valence-corrected chi connectivity index (χ0v) is 16.8. The van der Waals surface area contributed by atoms with Gasteiger partial charge in [0.1, 0.15) is 12.4 Å². The van der Waals surface area contributed by atoms with Gasteiger partial charge in [-0.3, -0.25) is 14.5 Å². The zero-order valence-electron chi connectivity index (χ0n) is 16.8. The van der Waals surface area contributed by atoms with Crippen LogP contribution in [0.4, 0.5) is 0 Å². The molecule has 0 bridgehead atoms. The molecule has 2 N–H and O–H groups in total. The molecule has 1 aromatic rings. The van der Waals surface area contributed by atoms with Gasteiger partial charge in [-0.25, -0.2) is 0 Å². The van der Waals surface area contributed by atoms with Gasteiger partial charge in [0.2, 0.25) is 11.8 Å².